The summed E-state index contributed by atoms with van der Waals surface area (Å²) in [5.74, 6) is -0.606. The Balaban J connectivity index is 2.36. The highest BCUT2D eigenvalue weighted by atomic mass is 79.9. The Kier molecular flexibility index (Phi) is 4.63. The first kappa shape index (κ1) is 16.7. The minimum atomic E-state index is -3.80. The molecule has 0 radical (unpaired) electrons. The molecule has 0 saturated carbocycles. The van der Waals surface area contributed by atoms with Crippen LogP contribution in [-0.4, -0.2) is 36.5 Å². The van der Waals surface area contributed by atoms with Gasteiger partial charge in [-0.25, -0.2) is 12.8 Å². The zero-order valence-electron chi connectivity index (χ0n) is 11.6. The van der Waals surface area contributed by atoms with Gasteiger partial charge in [0.25, 0.3) is 0 Å². The number of nitrogens with two attached hydrogens (primary N) is 1. The lowest BCUT2D eigenvalue weighted by molar-refractivity contribution is 0.0465. The van der Waals surface area contributed by atoms with E-state index in [1.165, 1.54) is 10.4 Å². The van der Waals surface area contributed by atoms with Crippen molar-refractivity contribution in [2.75, 3.05) is 18.8 Å². The first-order valence-electron chi connectivity index (χ1n) is 6.60. The van der Waals surface area contributed by atoms with Crippen molar-refractivity contribution in [2.24, 2.45) is 0 Å². The normalized spacial score (nSPS) is 24.8. The van der Waals surface area contributed by atoms with E-state index in [1.54, 1.807) is 6.92 Å². The van der Waals surface area contributed by atoms with Crippen LogP contribution in [-0.2, 0) is 10.0 Å². The zero-order chi connectivity index (χ0) is 15.8. The van der Waals surface area contributed by atoms with E-state index in [-0.39, 0.29) is 21.6 Å². The van der Waals surface area contributed by atoms with Gasteiger partial charge in [-0.05, 0) is 54.2 Å². The van der Waals surface area contributed by atoms with Gasteiger partial charge in [0.1, 0.15) is 10.7 Å². The number of hydrogen-bond donors (Lipinski definition) is 2. The van der Waals surface area contributed by atoms with Crippen LogP contribution in [0.5, 0.6) is 0 Å². The molecule has 0 aliphatic carbocycles. The molecule has 1 aliphatic heterocycles. The molecule has 0 spiro atoms. The zero-order valence-corrected chi connectivity index (χ0v) is 14.0. The molecule has 21 heavy (non-hydrogen) atoms. The molecule has 1 unspecified atom stereocenters. The van der Waals surface area contributed by atoms with E-state index in [0.717, 1.165) is 6.07 Å². The summed E-state index contributed by atoms with van der Waals surface area (Å²) >= 11 is 2.98. The maximum Gasteiger partial charge on any atom is 0.245 e. The van der Waals surface area contributed by atoms with E-state index in [4.69, 9.17) is 5.73 Å². The van der Waals surface area contributed by atoms with Gasteiger partial charge in [0.15, 0.2) is 0 Å². The molecular formula is C13H18BrFN2O3S. The fourth-order valence-electron chi connectivity index (χ4n) is 2.39. The molecule has 0 aromatic heterocycles. The third-order valence-corrected chi connectivity index (χ3v) is 6.26. The maximum atomic E-state index is 13.4. The molecule has 0 amide bonds. The van der Waals surface area contributed by atoms with E-state index in [0.29, 0.717) is 25.8 Å². The standard InChI is InChI=1S/C13H18BrFN2O3S/c1-13(18)3-2-5-17(6-4-13)21(19,20)12-7-9(14)10(15)8-11(12)16/h7-8,18H,2-6,16H2,1H3. The molecular weight excluding hydrogens is 363 g/mol. The predicted molar refractivity (Wildman–Crippen MR) is 81.7 cm³/mol. The van der Waals surface area contributed by atoms with Gasteiger partial charge < -0.3 is 10.8 Å². The number of anilines is 1. The SMILES string of the molecule is CC1(O)CCCN(S(=O)(=O)c2cc(Br)c(F)cc2N)CC1. The second-order valence-electron chi connectivity index (χ2n) is 5.56. The quantitative estimate of drug-likeness (QED) is 0.769. The number of rotatable bonds is 2. The molecule has 3 N–H and O–H groups in total. The van der Waals surface area contributed by atoms with Gasteiger partial charge in [0.05, 0.1) is 15.8 Å². The molecule has 5 nitrogen and oxygen atoms in total. The second-order valence-corrected chi connectivity index (χ2v) is 8.32. The van der Waals surface area contributed by atoms with Crippen molar-refractivity contribution in [3.63, 3.8) is 0 Å². The largest absolute Gasteiger partial charge is 0.398 e. The summed E-state index contributed by atoms with van der Waals surface area (Å²) in [6.45, 7) is 2.22. The summed E-state index contributed by atoms with van der Waals surface area (Å²) in [6.07, 6.45) is 1.46. The molecule has 2 rings (SSSR count). The average Bonchev–Trinajstić information content (AvgIpc) is 2.55. The Morgan fingerprint density at radius 1 is 1.38 bits per heavy atom. The lowest BCUT2D eigenvalue weighted by Crippen LogP contribution is -2.34. The monoisotopic (exact) mass is 380 g/mol. The number of halogens is 2. The summed E-state index contributed by atoms with van der Waals surface area (Å²) in [6, 6.07) is 2.17. The molecule has 118 valence electrons. The average molecular weight is 381 g/mol. The molecule has 1 aromatic rings. The fourth-order valence-corrected chi connectivity index (χ4v) is 4.48. The van der Waals surface area contributed by atoms with Crippen molar-refractivity contribution in [1.82, 2.24) is 4.31 Å². The molecule has 1 heterocycles. The van der Waals surface area contributed by atoms with Crippen LogP contribution in [0.15, 0.2) is 21.5 Å². The van der Waals surface area contributed by atoms with Crippen LogP contribution in [0, 0.1) is 5.82 Å². The Morgan fingerprint density at radius 3 is 2.71 bits per heavy atom. The van der Waals surface area contributed by atoms with Crippen LogP contribution in [0.25, 0.3) is 0 Å². The Morgan fingerprint density at radius 2 is 2.05 bits per heavy atom. The first-order valence-corrected chi connectivity index (χ1v) is 8.84. The maximum absolute atomic E-state index is 13.4. The minimum Gasteiger partial charge on any atom is -0.398 e. The predicted octanol–water partition coefficient (Wildman–Crippen LogP) is 2.10. The Bertz CT molecular complexity index is 649. The molecule has 8 heteroatoms. The van der Waals surface area contributed by atoms with Crippen LogP contribution in [0.4, 0.5) is 10.1 Å². The van der Waals surface area contributed by atoms with Crippen LogP contribution in [0.2, 0.25) is 0 Å². The topological polar surface area (TPSA) is 83.6 Å². The highest BCUT2D eigenvalue weighted by molar-refractivity contribution is 9.10. The lowest BCUT2D eigenvalue weighted by atomic mass is 9.98. The minimum absolute atomic E-state index is 0.0529. The summed E-state index contributed by atoms with van der Waals surface area (Å²) in [7, 11) is -3.80. The van der Waals surface area contributed by atoms with E-state index in [9.17, 15) is 17.9 Å². The van der Waals surface area contributed by atoms with Crippen molar-refractivity contribution in [3.8, 4) is 0 Å². The van der Waals surface area contributed by atoms with Crippen LogP contribution in [0.1, 0.15) is 26.2 Å². The molecule has 1 fully saturated rings. The first-order chi connectivity index (χ1) is 9.63. The number of nitrogen functional groups attached to an aromatic ring is 1. The van der Waals surface area contributed by atoms with E-state index in [2.05, 4.69) is 15.9 Å². The van der Waals surface area contributed by atoms with Gasteiger partial charge in [-0.15, -0.1) is 0 Å². The van der Waals surface area contributed by atoms with Crippen molar-refractivity contribution < 1.29 is 17.9 Å². The lowest BCUT2D eigenvalue weighted by Gasteiger charge is -2.23. The fraction of sp³-hybridized carbons (Fsp3) is 0.538. The molecule has 1 aromatic carbocycles. The Hall–Kier alpha value is -0.700. The van der Waals surface area contributed by atoms with Gasteiger partial charge in [-0.2, -0.15) is 4.31 Å². The molecule has 1 saturated heterocycles. The van der Waals surface area contributed by atoms with E-state index < -0.39 is 21.4 Å². The van der Waals surface area contributed by atoms with Crippen LogP contribution in [0.3, 0.4) is 0 Å². The molecule has 1 atom stereocenters. The molecule has 0 bridgehead atoms. The highest BCUT2D eigenvalue weighted by Crippen LogP contribution is 2.31. The van der Waals surface area contributed by atoms with Gasteiger partial charge in [0, 0.05) is 13.1 Å². The number of nitrogens with zero attached hydrogens (tertiary/aromatic N) is 1. The van der Waals surface area contributed by atoms with Crippen molar-refractivity contribution in [2.45, 2.75) is 36.7 Å². The Labute approximate surface area is 132 Å². The van der Waals surface area contributed by atoms with Crippen molar-refractivity contribution in [1.29, 1.82) is 0 Å². The number of aliphatic hydroxyl groups is 1. The second kappa shape index (κ2) is 5.83. The summed E-state index contributed by atoms with van der Waals surface area (Å²) in [5.41, 5.74) is 4.68. The van der Waals surface area contributed by atoms with Crippen LogP contribution < -0.4 is 5.73 Å². The van der Waals surface area contributed by atoms with E-state index in [1.807, 2.05) is 0 Å². The number of benzene rings is 1. The van der Waals surface area contributed by atoms with E-state index >= 15 is 0 Å². The summed E-state index contributed by atoms with van der Waals surface area (Å²) in [4.78, 5) is -0.114. The third kappa shape index (κ3) is 3.56. The van der Waals surface area contributed by atoms with Gasteiger partial charge in [0.2, 0.25) is 10.0 Å². The smallest absolute Gasteiger partial charge is 0.245 e. The van der Waals surface area contributed by atoms with Crippen molar-refractivity contribution in [3.05, 3.63) is 22.4 Å². The van der Waals surface area contributed by atoms with Crippen LogP contribution >= 0.6 is 15.9 Å². The highest BCUT2D eigenvalue weighted by Gasteiger charge is 2.32. The van der Waals surface area contributed by atoms with Gasteiger partial charge >= 0.3 is 0 Å². The summed E-state index contributed by atoms with van der Waals surface area (Å²) < 4.78 is 40.1. The van der Waals surface area contributed by atoms with Gasteiger partial charge in [-0.3, -0.25) is 0 Å². The number of hydrogen-bond acceptors (Lipinski definition) is 4. The number of sulfonamides is 1. The molecule has 1 aliphatic rings. The van der Waals surface area contributed by atoms with Gasteiger partial charge in [-0.1, -0.05) is 0 Å². The third-order valence-electron chi connectivity index (χ3n) is 3.69. The van der Waals surface area contributed by atoms with Crippen molar-refractivity contribution >= 4 is 31.6 Å². The summed E-state index contributed by atoms with van der Waals surface area (Å²) in [5, 5.41) is 10.0.